The Hall–Kier alpha value is -1.93. The van der Waals surface area contributed by atoms with Crippen molar-refractivity contribution in [1.29, 1.82) is 0 Å². The van der Waals surface area contributed by atoms with Crippen LogP contribution in [-0.4, -0.2) is 73.3 Å². The SMILES string of the molecule is [B]C(C)C(=O)OCC(COC(=O)C([B])C)(COC(=O)C(C)C)COC(=O)C(C)[B]C. The fourth-order valence-electron chi connectivity index (χ4n) is 1.84. The molecule has 3 unspecified atom stereocenters. The van der Waals surface area contributed by atoms with E-state index in [1.807, 2.05) is 0 Å². The first-order valence-electron chi connectivity index (χ1n) is 9.82. The second-order valence-corrected chi connectivity index (χ2v) is 7.78. The van der Waals surface area contributed by atoms with Crippen LogP contribution >= 0.6 is 0 Å². The van der Waals surface area contributed by atoms with E-state index in [1.54, 1.807) is 34.9 Å². The largest absolute Gasteiger partial charge is 0.465 e. The molecule has 0 aliphatic carbocycles. The third kappa shape index (κ3) is 10.2. The lowest BCUT2D eigenvalue weighted by Gasteiger charge is -2.32. The number of carbonyl (C=O) groups is 4. The van der Waals surface area contributed by atoms with E-state index in [2.05, 4.69) is 0 Å². The molecule has 0 aliphatic heterocycles. The highest BCUT2D eigenvalue weighted by molar-refractivity contribution is 6.41. The normalized spacial score (nSPS) is 15.8. The molecule has 0 aliphatic rings. The van der Waals surface area contributed by atoms with E-state index in [9.17, 15) is 19.2 Å². The van der Waals surface area contributed by atoms with E-state index in [0.717, 1.165) is 0 Å². The van der Waals surface area contributed by atoms with Crippen LogP contribution in [0.1, 0.15) is 34.6 Å². The molecule has 8 nitrogen and oxygen atoms in total. The van der Waals surface area contributed by atoms with Crippen LogP contribution in [0.25, 0.3) is 0 Å². The Morgan fingerprint density at radius 1 is 0.700 bits per heavy atom. The van der Waals surface area contributed by atoms with Gasteiger partial charge in [0.15, 0.2) is 0 Å². The lowest BCUT2D eigenvalue weighted by atomic mass is 9.68. The van der Waals surface area contributed by atoms with Gasteiger partial charge in [0.25, 0.3) is 11.9 Å². The summed E-state index contributed by atoms with van der Waals surface area (Å²) < 4.78 is 21.0. The maximum absolute atomic E-state index is 12.1. The van der Waals surface area contributed by atoms with Gasteiger partial charge in [-0.2, -0.15) is 0 Å². The summed E-state index contributed by atoms with van der Waals surface area (Å²) in [5.41, 5.74) is -1.33. The summed E-state index contributed by atoms with van der Waals surface area (Å²) in [6.45, 7) is 8.17. The minimum absolute atomic E-state index is 0.319. The highest BCUT2D eigenvalue weighted by Crippen LogP contribution is 2.24. The maximum atomic E-state index is 12.1. The number of hydrogen-bond acceptors (Lipinski definition) is 8. The molecule has 0 bridgehead atoms. The fraction of sp³-hybridized carbons (Fsp3) is 0.789. The van der Waals surface area contributed by atoms with Gasteiger partial charge in [0, 0.05) is 17.5 Å². The van der Waals surface area contributed by atoms with Gasteiger partial charge in [0.2, 0.25) is 0 Å². The minimum atomic E-state index is -1.33. The van der Waals surface area contributed by atoms with Crippen molar-refractivity contribution in [3.05, 3.63) is 0 Å². The standard InChI is InChI=1S/C19H30B3O8/c1-11(2)15(23)27-7-19(8-28-16(24)12(3)20,9-29-17(25)13(4)21)10-30-18(26)14(5)22-6/h11-14H,7-10H2,1-6H3. The molecule has 30 heavy (non-hydrogen) atoms. The first-order chi connectivity index (χ1) is 13.8. The number of ether oxygens (including phenoxy) is 4. The van der Waals surface area contributed by atoms with Crippen LogP contribution in [0.5, 0.6) is 0 Å². The summed E-state index contributed by atoms with van der Waals surface area (Å²) >= 11 is 0. The highest BCUT2D eigenvalue weighted by Gasteiger charge is 2.38. The Morgan fingerprint density at radius 2 is 1.03 bits per heavy atom. The Bertz CT molecular complexity index is 533. The zero-order valence-electron chi connectivity index (χ0n) is 18.6. The maximum Gasteiger partial charge on any atom is 0.308 e. The summed E-state index contributed by atoms with van der Waals surface area (Å²) in [5, 5.41) is 0. The van der Waals surface area contributed by atoms with Crippen molar-refractivity contribution < 1.29 is 38.1 Å². The average molecular weight is 419 g/mol. The number of esters is 4. The second-order valence-electron chi connectivity index (χ2n) is 7.78. The Morgan fingerprint density at radius 3 is 1.33 bits per heavy atom. The van der Waals surface area contributed by atoms with Gasteiger partial charge < -0.3 is 18.9 Å². The van der Waals surface area contributed by atoms with E-state index >= 15 is 0 Å². The molecule has 0 aromatic heterocycles. The van der Waals surface area contributed by atoms with Crippen LogP contribution in [0, 0.1) is 11.3 Å². The molecular weight excluding hydrogens is 389 g/mol. The predicted octanol–water partition coefficient (Wildman–Crippen LogP) is 1.32. The molecule has 0 rings (SSSR count). The van der Waals surface area contributed by atoms with Gasteiger partial charge in [0.05, 0.1) is 21.6 Å². The van der Waals surface area contributed by atoms with Crippen LogP contribution in [0.4, 0.5) is 0 Å². The molecule has 3 atom stereocenters. The quantitative estimate of drug-likeness (QED) is 0.250. The van der Waals surface area contributed by atoms with Crippen molar-refractivity contribution in [3.63, 3.8) is 0 Å². The third-order valence-corrected chi connectivity index (χ3v) is 4.17. The van der Waals surface area contributed by atoms with Crippen LogP contribution in [0.2, 0.25) is 24.3 Å². The van der Waals surface area contributed by atoms with Crippen molar-refractivity contribution in [3.8, 4) is 0 Å². The lowest BCUT2D eigenvalue weighted by molar-refractivity contribution is -0.171. The van der Waals surface area contributed by atoms with Gasteiger partial charge in [-0.15, -0.1) is 0 Å². The van der Waals surface area contributed by atoms with E-state index in [1.165, 1.54) is 13.8 Å². The molecule has 163 valence electrons. The van der Waals surface area contributed by atoms with Gasteiger partial charge in [0.1, 0.15) is 39.1 Å². The highest BCUT2D eigenvalue weighted by atomic mass is 16.6. The summed E-state index contributed by atoms with van der Waals surface area (Å²) in [7, 11) is 12.7. The average Bonchev–Trinajstić information content (AvgIpc) is 2.70. The van der Waals surface area contributed by atoms with Crippen LogP contribution < -0.4 is 0 Å². The van der Waals surface area contributed by atoms with Crippen molar-refractivity contribution in [2.45, 2.75) is 58.9 Å². The van der Waals surface area contributed by atoms with Gasteiger partial charge in [-0.3, -0.25) is 19.2 Å². The van der Waals surface area contributed by atoms with Crippen LogP contribution in [0.3, 0.4) is 0 Å². The van der Waals surface area contributed by atoms with E-state index < -0.39 is 52.7 Å². The minimum Gasteiger partial charge on any atom is -0.465 e. The molecule has 11 heteroatoms. The van der Waals surface area contributed by atoms with Crippen LogP contribution in [0.15, 0.2) is 0 Å². The molecule has 0 saturated heterocycles. The van der Waals surface area contributed by atoms with E-state index in [4.69, 9.17) is 34.6 Å². The molecular formula is C19H30B3O8. The summed E-state index contributed by atoms with van der Waals surface area (Å²) in [5.74, 6) is -5.18. The van der Waals surface area contributed by atoms with E-state index in [-0.39, 0.29) is 26.4 Å². The molecule has 5 radical (unpaired) electrons. The Labute approximate surface area is 182 Å². The van der Waals surface area contributed by atoms with Crippen molar-refractivity contribution in [2.75, 3.05) is 26.4 Å². The molecule has 0 N–H and O–H groups in total. The summed E-state index contributed by atoms with van der Waals surface area (Å²) in [4.78, 5) is 47.9. The van der Waals surface area contributed by atoms with Gasteiger partial charge >= 0.3 is 11.9 Å². The topological polar surface area (TPSA) is 105 Å². The molecule has 0 heterocycles. The zero-order chi connectivity index (χ0) is 23.5. The Balaban J connectivity index is 5.63. The van der Waals surface area contributed by atoms with Gasteiger partial charge in [-0.1, -0.05) is 41.4 Å². The van der Waals surface area contributed by atoms with Crippen molar-refractivity contribution >= 4 is 46.8 Å². The smallest absolute Gasteiger partial charge is 0.308 e. The molecule has 0 fully saturated rings. The summed E-state index contributed by atoms with van der Waals surface area (Å²) in [6, 6.07) is 0. The molecule has 0 aromatic carbocycles. The lowest BCUT2D eigenvalue weighted by Crippen LogP contribution is -2.44. The van der Waals surface area contributed by atoms with Gasteiger partial charge in [-0.05, 0) is 0 Å². The molecule has 0 amide bonds. The second kappa shape index (κ2) is 13.4. The van der Waals surface area contributed by atoms with Gasteiger partial charge in [-0.25, -0.2) is 0 Å². The van der Waals surface area contributed by atoms with E-state index in [0.29, 0.717) is 0 Å². The molecule has 0 saturated carbocycles. The fourth-order valence-corrected chi connectivity index (χ4v) is 1.84. The first-order valence-corrected chi connectivity index (χ1v) is 9.82. The molecule has 0 spiro atoms. The monoisotopic (exact) mass is 419 g/mol. The zero-order valence-corrected chi connectivity index (χ0v) is 18.6. The van der Waals surface area contributed by atoms with Crippen LogP contribution in [-0.2, 0) is 38.1 Å². The summed E-state index contributed by atoms with van der Waals surface area (Å²) in [6.07, 6.45) is 0. The first kappa shape index (κ1) is 28.1. The third-order valence-electron chi connectivity index (χ3n) is 4.17. The predicted molar refractivity (Wildman–Crippen MR) is 113 cm³/mol. The Kier molecular flexibility index (Phi) is 12.5. The van der Waals surface area contributed by atoms with Crippen molar-refractivity contribution in [2.24, 2.45) is 11.3 Å². The number of hydrogen-bond donors (Lipinski definition) is 0. The van der Waals surface area contributed by atoms with Crippen molar-refractivity contribution in [1.82, 2.24) is 0 Å². The number of carbonyl (C=O) groups excluding carboxylic acids is 4. The molecule has 0 aromatic rings. The number of rotatable bonds is 13.